The van der Waals surface area contributed by atoms with Gasteiger partial charge in [-0.2, -0.15) is 4.98 Å². The van der Waals surface area contributed by atoms with Gasteiger partial charge in [-0.1, -0.05) is 36.7 Å². The average molecular weight is 190 g/mol. The van der Waals surface area contributed by atoms with Gasteiger partial charge in [0, 0.05) is 5.57 Å². The van der Waals surface area contributed by atoms with Crippen molar-refractivity contribution in [3.8, 4) is 0 Å². The van der Waals surface area contributed by atoms with Crippen LogP contribution in [0.5, 0.6) is 0 Å². The smallest absolute Gasteiger partial charge is 0.214 e. The van der Waals surface area contributed by atoms with Crippen LogP contribution < -0.4 is 0 Å². The van der Waals surface area contributed by atoms with E-state index in [0.29, 0.717) is 5.82 Å². The minimum absolute atomic E-state index is 0.247. The van der Waals surface area contributed by atoms with E-state index in [4.69, 9.17) is 4.52 Å². The highest BCUT2D eigenvalue weighted by Gasteiger charge is 2.22. The van der Waals surface area contributed by atoms with Crippen molar-refractivity contribution < 1.29 is 4.52 Å². The van der Waals surface area contributed by atoms with Gasteiger partial charge in [-0.3, -0.25) is 0 Å². The molecule has 3 nitrogen and oxygen atoms in total. The molecular weight excluding hydrogens is 176 g/mol. The van der Waals surface area contributed by atoms with E-state index in [2.05, 4.69) is 43.1 Å². The van der Waals surface area contributed by atoms with Crippen LogP contribution in [0, 0.1) is 5.41 Å². The van der Waals surface area contributed by atoms with Crippen molar-refractivity contribution in [2.75, 3.05) is 0 Å². The first-order valence-corrected chi connectivity index (χ1v) is 4.74. The summed E-state index contributed by atoms with van der Waals surface area (Å²) in [5.41, 5.74) is 2.66. The van der Waals surface area contributed by atoms with Gasteiger partial charge in [0.2, 0.25) is 12.2 Å². The Morgan fingerprint density at radius 2 is 2.21 bits per heavy atom. The molecule has 3 heteroatoms. The molecule has 0 saturated heterocycles. The van der Waals surface area contributed by atoms with Crippen LogP contribution in [0.25, 0.3) is 5.57 Å². The molecule has 1 heterocycles. The van der Waals surface area contributed by atoms with Crippen LogP contribution in [0.1, 0.15) is 33.0 Å². The molecule has 0 aliphatic heterocycles. The van der Waals surface area contributed by atoms with Gasteiger partial charge < -0.3 is 4.52 Å². The first kappa shape index (κ1) is 9.19. The molecule has 0 amide bonds. The van der Waals surface area contributed by atoms with E-state index in [9.17, 15) is 0 Å². The maximum absolute atomic E-state index is 4.74. The molecular formula is C11H14N2O. The van der Waals surface area contributed by atoms with Crippen molar-refractivity contribution >= 4 is 5.57 Å². The molecule has 2 rings (SSSR count). The molecule has 0 aromatic carbocycles. The molecule has 0 unspecified atom stereocenters. The zero-order valence-electron chi connectivity index (χ0n) is 8.74. The highest BCUT2D eigenvalue weighted by molar-refractivity contribution is 5.73. The predicted molar refractivity (Wildman–Crippen MR) is 54.4 cm³/mol. The minimum atomic E-state index is 0.247. The highest BCUT2D eigenvalue weighted by atomic mass is 16.5. The first-order valence-electron chi connectivity index (χ1n) is 4.74. The zero-order chi connectivity index (χ0) is 10.2. The summed E-state index contributed by atoms with van der Waals surface area (Å²) in [6.07, 6.45) is 6.70. The molecule has 14 heavy (non-hydrogen) atoms. The maximum Gasteiger partial charge on any atom is 0.214 e. The van der Waals surface area contributed by atoms with Crippen LogP contribution in [0.3, 0.4) is 0 Å². The first-order chi connectivity index (χ1) is 6.58. The molecule has 1 aromatic rings. The Balaban J connectivity index is 2.36. The van der Waals surface area contributed by atoms with Crippen LogP contribution in [0.15, 0.2) is 28.6 Å². The number of allylic oxidation sites excluding steroid dienone is 4. The molecule has 0 spiro atoms. The summed E-state index contributed by atoms with van der Waals surface area (Å²) in [4.78, 5) is 4.05. The topological polar surface area (TPSA) is 38.9 Å². The van der Waals surface area contributed by atoms with Gasteiger partial charge in [0.05, 0.1) is 0 Å². The second kappa shape index (κ2) is 3.08. The molecule has 1 aliphatic carbocycles. The van der Waals surface area contributed by atoms with Crippen molar-refractivity contribution in [2.45, 2.75) is 27.2 Å². The Kier molecular flexibility index (Phi) is 2.02. The van der Waals surface area contributed by atoms with E-state index in [0.717, 1.165) is 12.0 Å². The van der Waals surface area contributed by atoms with Gasteiger partial charge in [0.1, 0.15) is 0 Å². The molecule has 0 N–H and O–H groups in total. The monoisotopic (exact) mass is 190 g/mol. The number of rotatable bonds is 1. The zero-order valence-corrected chi connectivity index (χ0v) is 8.74. The van der Waals surface area contributed by atoms with Crippen LogP contribution >= 0.6 is 0 Å². The summed E-state index contributed by atoms with van der Waals surface area (Å²) in [6.45, 7) is 6.57. The van der Waals surface area contributed by atoms with E-state index in [1.165, 1.54) is 12.0 Å². The highest BCUT2D eigenvalue weighted by Crippen LogP contribution is 2.35. The number of hydrogen-bond acceptors (Lipinski definition) is 3. The maximum atomic E-state index is 4.74. The fourth-order valence-corrected chi connectivity index (χ4v) is 1.84. The van der Waals surface area contributed by atoms with Crippen LogP contribution in [0.4, 0.5) is 0 Å². The summed E-state index contributed by atoms with van der Waals surface area (Å²) >= 11 is 0. The van der Waals surface area contributed by atoms with Gasteiger partial charge in [0.25, 0.3) is 0 Å². The Bertz CT molecular complexity index is 385. The average Bonchev–Trinajstić information content (AvgIpc) is 2.54. The third-order valence-electron chi connectivity index (χ3n) is 2.48. The lowest BCUT2D eigenvalue weighted by Gasteiger charge is -2.25. The Morgan fingerprint density at radius 1 is 1.43 bits per heavy atom. The van der Waals surface area contributed by atoms with Crippen molar-refractivity contribution in [1.29, 1.82) is 0 Å². The molecule has 1 aromatic heterocycles. The van der Waals surface area contributed by atoms with Crippen LogP contribution in [-0.4, -0.2) is 10.1 Å². The summed E-state index contributed by atoms with van der Waals surface area (Å²) in [5.74, 6) is 0.689. The quantitative estimate of drug-likeness (QED) is 0.683. The fourth-order valence-electron chi connectivity index (χ4n) is 1.84. The second-order valence-electron chi connectivity index (χ2n) is 4.45. The minimum Gasteiger partial charge on any atom is -0.342 e. The second-order valence-corrected chi connectivity index (χ2v) is 4.45. The van der Waals surface area contributed by atoms with Crippen molar-refractivity contribution in [3.05, 3.63) is 29.9 Å². The predicted octanol–water partition coefficient (Wildman–Crippen LogP) is 2.83. The van der Waals surface area contributed by atoms with Crippen LogP contribution in [-0.2, 0) is 0 Å². The fraction of sp³-hybridized carbons (Fsp3) is 0.455. The molecule has 0 bridgehead atoms. The van der Waals surface area contributed by atoms with Gasteiger partial charge in [-0.15, -0.1) is 0 Å². The molecule has 74 valence electrons. The largest absolute Gasteiger partial charge is 0.342 e. The van der Waals surface area contributed by atoms with Gasteiger partial charge in [0.15, 0.2) is 0 Å². The van der Waals surface area contributed by atoms with Crippen molar-refractivity contribution in [1.82, 2.24) is 10.1 Å². The third-order valence-corrected chi connectivity index (χ3v) is 2.48. The summed E-state index contributed by atoms with van der Waals surface area (Å²) in [7, 11) is 0. The lowest BCUT2D eigenvalue weighted by molar-refractivity contribution is 0.414. The van der Waals surface area contributed by atoms with E-state index in [1.807, 2.05) is 0 Å². The van der Waals surface area contributed by atoms with E-state index in [1.54, 1.807) is 0 Å². The lowest BCUT2D eigenvalue weighted by atomic mass is 9.80. The van der Waals surface area contributed by atoms with E-state index in [-0.39, 0.29) is 5.41 Å². The summed E-state index contributed by atoms with van der Waals surface area (Å²) < 4.78 is 4.74. The summed E-state index contributed by atoms with van der Waals surface area (Å²) in [5, 5.41) is 3.84. The Hall–Kier alpha value is -1.38. The molecule has 1 aliphatic rings. The van der Waals surface area contributed by atoms with Crippen LogP contribution in [0.2, 0.25) is 0 Å². The van der Waals surface area contributed by atoms with Gasteiger partial charge in [-0.05, 0) is 18.8 Å². The normalized spacial score (nSPS) is 20.2. The molecule has 0 fully saturated rings. The van der Waals surface area contributed by atoms with Crippen molar-refractivity contribution in [3.63, 3.8) is 0 Å². The number of aromatic nitrogens is 2. The molecule has 0 saturated carbocycles. The number of nitrogens with zero attached hydrogens (tertiary/aromatic N) is 2. The molecule has 0 radical (unpaired) electrons. The van der Waals surface area contributed by atoms with E-state index < -0.39 is 0 Å². The van der Waals surface area contributed by atoms with E-state index >= 15 is 0 Å². The lowest BCUT2D eigenvalue weighted by Crippen LogP contribution is -2.12. The number of hydrogen-bond donors (Lipinski definition) is 0. The Morgan fingerprint density at radius 3 is 2.79 bits per heavy atom. The Labute approximate surface area is 83.5 Å². The molecule has 0 atom stereocenters. The van der Waals surface area contributed by atoms with Gasteiger partial charge >= 0.3 is 0 Å². The van der Waals surface area contributed by atoms with Crippen molar-refractivity contribution in [2.24, 2.45) is 5.41 Å². The standard InChI is InChI=1S/C11H14N2O/c1-8-6-11(2,3)5-4-9(8)10-12-7-14-13-10/h4-5,7H,6H2,1-3H3. The summed E-state index contributed by atoms with van der Waals surface area (Å²) in [6, 6.07) is 0. The third kappa shape index (κ3) is 1.62. The van der Waals surface area contributed by atoms with Gasteiger partial charge in [-0.25, -0.2) is 0 Å². The SMILES string of the molecule is CC1=C(c2ncon2)C=CC(C)(C)C1.